The lowest BCUT2D eigenvalue weighted by molar-refractivity contribution is 0.144. The van der Waals surface area contributed by atoms with Crippen LogP contribution in [0.4, 0.5) is 0 Å². The molecule has 2 atom stereocenters. The Morgan fingerprint density at radius 1 is 1.26 bits per heavy atom. The van der Waals surface area contributed by atoms with Crippen LogP contribution in [0.25, 0.3) is 0 Å². The van der Waals surface area contributed by atoms with Crippen LogP contribution in [-0.4, -0.2) is 58.6 Å². The van der Waals surface area contributed by atoms with Crippen LogP contribution in [0.3, 0.4) is 0 Å². The van der Waals surface area contributed by atoms with Crippen molar-refractivity contribution >= 4 is 0 Å². The number of rotatable bonds is 8. The van der Waals surface area contributed by atoms with Crippen LogP contribution in [0.1, 0.15) is 19.8 Å². The van der Waals surface area contributed by atoms with Gasteiger partial charge in [0.1, 0.15) is 0 Å². The van der Waals surface area contributed by atoms with E-state index in [1.165, 1.54) is 32.5 Å². The van der Waals surface area contributed by atoms with Gasteiger partial charge in [-0.1, -0.05) is 6.92 Å². The number of nitrogens with zero attached hydrogens (tertiary/aromatic N) is 3. The maximum atomic E-state index is 9.88. The maximum Gasteiger partial charge on any atom is 0.0860 e. The minimum absolute atomic E-state index is 0.376. The standard InChI is InChI=1S/C14H26N4O/c1-13(11-17-6-2-3-7-17)9-15-10-14(19)12-18-8-4-5-16-18/h4-5,8,13-15,19H,2-3,6-7,9-12H2,1H3. The van der Waals surface area contributed by atoms with Gasteiger partial charge in [0, 0.05) is 25.5 Å². The second-order valence-corrected chi connectivity index (χ2v) is 5.65. The van der Waals surface area contributed by atoms with Gasteiger partial charge in [-0.15, -0.1) is 0 Å². The van der Waals surface area contributed by atoms with Crippen molar-refractivity contribution in [1.82, 2.24) is 20.0 Å². The van der Waals surface area contributed by atoms with E-state index in [1.807, 2.05) is 12.3 Å². The van der Waals surface area contributed by atoms with Crippen LogP contribution < -0.4 is 5.32 Å². The molecule has 0 bridgehead atoms. The molecule has 1 aliphatic heterocycles. The SMILES string of the molecule is CC(CNCC(O)Cn1cccn1)CN1CCCC1. The molecular formula is C14H26N4O. The summed E-state index contributed by atoms with van der Waals surface area (Å²) in [5, 5.41) is 17.3. The summed E-state index contributed by atoms with van der Waals surface area (Å²) in [6, 6.07) is 1.87. The molecule has 2 N–H and O–H groups in total. The fourth-order valence-electron chi connectivity index (χ4n) is 2.66. The fraction of sp³-hybridized carbons (Fsp3) is 0.786. The number of aliphatic hydroxyl groups excluding tert-OH is 1. The van der Waals surface area contributed by atoms with E-state index in [4.69, 9.17) is 0 Å². The Labute approximate surface area is 115 Å². The summed E-state index contributed by atoms with van der Waals surface area (Å²) in [7, 11) is 0. The first kappa shape index (κ1) is 14.5. The minimum Gasteiger partial charge on any atom is -0.390 e. The molecule has 2 rings (SSSR count). The summed E-state index contributed by atoms with van der Waals surface area (Å²) in [6.45, 7) is 8.10. The van der Waals surface area contributed by atoms with E-state index in [-0.39, 0.29) is 6.10 Å². The summed E-state index contributed by atoms with van der Waals surface area (Å²) in [5.74, 6) is 0.634. The number of aliphatic hydroxyl groups is 1. The highest BCUT2D eigenvalue weighted by atomic mass is 16.3. The number of aromatic nitrogens is 2. The Morgan fingerprint density at radius 2 is 2.05 bits per heavy atom. The Hall–Kier alpha value is -0.910. The Kier molecular flexibility index (Phi) is 5.82. The van der Waals surface area contributed by atoms with Crippen LogP contribution in [0.5, 0.6) is 0 Å². The van der Waals surface area contributed by atoms with Crippen molar-refractivity contribution in [3.05, 3.63) is 18.5 Å². The third-order valence-electron chi connectivity index (χ3n) is 3.60. The van der Waals surface area contributed by atoms with Gasteiger partial charge >= 0.3 is 0 Å². The lowest BCUT2D eigenvalue weighted by atomic mass is 10.1. The predicted molar refractivity (Wildman–Crippen MR) is 75.9 cm³/mol. The monoisotopic (exact) mass is 266 g/mol. The fourth-order valence-corrected chi connectivity index (χ4v) is 2.66. The van der Waals surface area contributed by atoms with Crippen molar-refractivity contribution in [2.75, 3.05) is 32.7 Å². The predicted octanol–water partition coefficient (Wildman–Crippen LogP) is 0.565. The van der Waals surface area contributed by atoms with Crippen LogP contribution in [0, 0.1) is 5.92 Å². The van der Waals surface area contributed by atoms with Crippen LogP contribution in [0.15, 0.2) is 18.5 Å². The zero-order valence-electron chi connectivity index (χ0n) is 11.8. The molecule has 0 aromatic carbocycles. The summed E-state index contributed by atoms with van der Waals surface area (Å²) < 4.78 is 1.76. The average molecular weight is 266 g/mol. The molecule has 0 radical (unpaired) electrons. The number of hydrogen-bond donors (Lipinski definition) is 2. The van der Waals surface area contributed by atoms with Crippen molar-refractivity contribution in [2.24, 2.45) is 5.92 Å². The van der Waals surface area contributed by atoms with Crippen molar-refractivity contribution in [3.63, 3.8) is 0 Å². The molecule has 0 spiro atoms. The average Bonchev–Trinajstić information content (AvgIpc) is 3.02. The zero-order chi connectivity index (χ0) is 13.5. The van der Waals surface area contributed by atoms with E-state index in [0.29, 0.717) is 19.0 Å². The number of likely N-dealkylation sites (tertiary alicyclic amines) is 1. The normalized spacial score (nSPS) is 19.7. The van der Waals surface area contributed by atoms with E-state index < -0.39 is 0 Å². The van der Waals surface area contributed by atoms with Crippen molar-refractivity contribution in [2.45, 2.75) is 32.4 Å². The molecule has 1 saturated heterocycles. The van der Waals surface area contributed by atoms with Crippen molar-refractivity contribution in [1.29, 1.82) is 0 Å². The van der Waals surface area contributed by atoms with Crippen LogP contribution >= 0.6 is 0 Å². The third-order valence-corrected chi connectivity index (χ3v) is 3.60. The molecule has 5 heteroatoms. The molecule has 2 unspecified atom stereocenters. The highest BCUT2D eigenvalue weighted by Crippen LogP contribution is 2.09. The van der Waals surface area contributed by atoms with Crippen LogP contribution in [0.2, 0.25) is 0 Å². The van der Waals surface area contributed by atoms with Crippen molar-refractivity contribution in [3.8, 4) is 0 Å². The van der Waals surface area contributed by atoms with Crippen LogP contribution in [-0.2, 0) is 6.54 Å². The molecule has 0 saturated carbocycles. The highest BCUT2D eigenvalue weighted by molar-refractivity contribution is 4.79. The molecule has 5 nitrogen and oxygen atoms in total. The van der Waals surface area contributed by atoms with Gasteiger partial charge in [0.2, 0.25) is 0 Å². The maximum absolute atomic E-state index is 9.88. The molecule has 2 heterocycles. The number of hydrogen-bond acceptors (Lipinski definition) is 4. The first-order chi connectivity index (χ1) is 9.24. The van der Waals surface area contributed by atoms with E-state index in [0.717, 1.165) is 6.54 Å². The van der Waals surface area contributed by atoms with Gasteiger partial charge in [-0.3, -0.25) is 4.68 Å². The van der Waals surface area contributed by atoms with Gasteiger partial charge in [-0.25, -0.2) is 0 Å². The molecule has 1 fully saturated rings. The van der Waals surface area contributed by atoms with E-state index in [2.05, 4.69) is 22.2 Å². The molecule has 1 aliphatic rings. The first-order valence-electron chi connectivity index (χ1n) is 7.32. The first-order valence-corrected chi connectivity index (χ1v) is 7.32. The third kappa shape index (κ3) is 5.30. The van der Waals surface area contributed by atoms with Gasteiger partial charge in [-0.2, -0.15) is 5.10 Å². The molecule has 19 heavy (non-hydrogen) atoms. The molecular weight excluding hydrogens is 240 g/mol. The van der Waals surface area contributed by atoms with Gasteiger partial charge in [-0.05, 0) is 44.5 Å². The molecule has 1 aromatic heterocycles. The smallest absolute Gasteiger partial charge is 0.0860 e. The second kappa shape index (κ2) is 7.62. The zero-order valence-corrected chi connectivity index (χ0v) is 11.8. The molecule has 1 aromatic rings. The second-order valence-electron chi connectivity index (χ2n) is 5.65. The van der Waals surface area contributed by atoms with Crippen molar-refractivity contribution < 1.29 is 5.11 Å². The van der Waals surface area contributed by atoms with Gasteiger partial charge < -0.3 is 15.3 Å². The van der Waals surface area contributed by atoms with Gasteiger partial charge in [0.15, 0.2) is 0 Å². The highest BCUT2D eigenvalue weighted by Gasteiger charge is 2.14. The summed E-state index contributed by atoms with van der Waals surface area (Å²) in [6.07, 6.45) is 5.93. The van der Waals surface area contributed by atoms with E-state index in [1.54, 1.807) is 10.9 Å². The Balaban J connectivity index is 1.55. The van der Waals surface area contributed by atoms with E-state index >= 15 is 0 Å². The topological polar surface area (TPSA) is 53.3 Å². The van der Waals surface area contributed by atoms with Gasteiger partial charge in [0.05, 0.1) is 12.6 Å². The lowest BCUT2D eigenvalue weighted by Crippen LogP contribution is -2.36. The minimum atomic E-state index is -0.376. The molecule has 0 amide bonds. The largest absolute Gasteiger partial charge is 0.390 e. The van der Waals surface area contributed by atoms with Gasteiger partial charge in [0.25, 0.3) is 0 Å². The molecule has 108 valence electrons. The molecule has 0 aliphatic carbocycles. The number of nitrogens with one attached hydrogen (secondary N) is 1. The Morgan fingerprint density at radius 3 is 2.74 bits per heavy atom. The summed E-state index contributed by atoms with van der Waals surface area (Å²) in [4.78, 5) is 2.53. The summed E-state index contributed by atoms with van der Waals surface area (Å²) >= 11 is 0. The van der Waals surface area contributed by atoms with E-state index in [9.17, 15) is 5.11 Å². The summed E-state index contributed by atoms with van der Waals surface area (Å²) in [5.41, 5.74) is 0. The quantitative estimate of drug-likeness (QED) is 0.722. The Bertz CT molecular complexity index is 335. The lowest BCUT2D eigenvalue weighted by Gasteiger charge is -2.21.